The van der Waals surface area contributed by atoms with Crippen molar-refractivity contribution in [3.63, 3.8) is 0 Å². The standard InChI is InChI=1S/C17H24N2O6S/c1-17(2,3)25-15(20)11-24-14-7-6-12(10-13(14)16(18)21)26(22,23)19-8-4-5-9-19/h6-7,10H,4-5,8-9,11H2,1-3H3,(H2,18,21). The molecular formula is C17H24N2O6S. The van der Waals surface area contributed by atoms with Crippen molar-refractivity contribution in [2.24, 2.45) is 5.73 Å². The number of ether oxygens (including phenoxy) is 2. The number of primary amides is 1. The zero-order chi connectivity index (χ0) is 19.5. The number of rotatable bonds is 6. The molecule has 0 atom stereocenters. The summed E-state index contributed by atoms with van der Waals surface area (Å²) in [5.74, 6) is -1.42. The molecule has 0 bridgehead atoms. The summed E-state index contributed by atoms with van der Waals surface area (Å²) in [6, 6.07) is 3.85. The number of sulfonamides is 1. The normalized spacial score (nSPS) is 15.7. The van der Waals surface area contributed by atoms with Gasteiger partial charge < -0.3 is 15.2 Å². The maximum atomic E-state index is 12.6. The Balaban J connectivity index is 2.21. The van der Waals surface area contributed by atoms with Gasteiger partial charge in [0.1, 0.15) is 11.4 Å². The quantitative estimate of drug-likeness (QED) is 0.739. The van der Waals surface area contributed by atoms with Crippen LogP contribution in [0.4, 0.5) is 0 Å². The van der Waals surface area contributed by atoms with Crippen LogP contribution in [-0.2, 0) is 19.6 Å². The smallest absolute Gasteiger partial charge is 0.344 e. The lowest BCUT2D eigenvalue weighted by Crippen LogP contribution is -2.29. The fourth-order valence-electron chi connectivity index (χ4n) is 2.57. The average molecular weight is 384 g/mol. The van der Waals surface area contributed by atoms with Crippen LogP contribution in [0.2, 0.25) is 0 Å². The number of benzene rings is 1. The Labute approximate surface area is 153 Å². The highest BCUT2D eigenvalue weighted by molar-refractivity contribution is 7.89. The van der Waals surface area contributed by atoms with Gasteiger partial charge in [-0.3, -0.25) is 4.79 Å². The van der Waals surface area contributed by atoms with Crippen molar-refractivity contribution < 1.29 is 27.5 Å². The van der Waals surface area contributed by atoms with Crippen molar-refractivity contribution in [2.45, 2.75) is 44.1 Å². The molecule has 144 valence electrons. The molecule has 1 aliphatic rings. The minimum Gasteiger partial charge on any atom is -0.481 e. The topological polar surface area (TPSA) is 116 Å². The van der Waals surface area contributed by atoms with E-state index in [0.717, 1.165) is 12.8 Å². The predicted molar refractivity (Wildman–Crippen MR) is 94.3 cm³/mol. The summed E-state index contributed by atoms with van der Waals surface area (Å²) < 4.78 is 37.0. The van der Waals surface area contributed by atoms with E-state index < -0.39 is 34.1 Å². The molecular weight excluding hydrogens is 360 g/mol. The largest absolute Gasteiger partial charge is 0.481 e. The molecule has 1 aromatic rings. The Kier molecular flexibility index (Phi) is 5.92. The molecule has 1 amide bonds. The predicted octanol–water partition coefficient (Wildman–Crippen LogP) is 1.29. The molecule has 0 unspecified atom stereocenters. The highest BCUT2D eigenvalue weighted by Crippen LogP contribution is 2.26. The van der Waals surface area contributed by atoms with Crippen molar-refractivity contribution in [3.8, 4) is 5.75 Å². The van der Waals surface area contributed by atoms with Crippen molar-refractivity contribution in [1.29, 1.82) is 0 Å². The van der Waals surface area contributed by atoms with Gasteiger partial charge in [0.25, 0.3) is 5.91 Å². The summed E-state index contributed by atoms with van der Waals surface area (Å²) in [5.41, 5.74) is 4.58. The zero-order valence-corrected chi connectivity index (χ0v) is 16.0. The second kappa shape index (κ2) is 7.63. The van der Waals surface area contributed by atoms with Gasteiger partial charge in [-0.1, -0.05) is 0 Å². The lowest BCUT2D eigenvalue weighted by molar-refractivity contribution is -0.157. The minimum absolute atomic E-state index is 0.0298. The Bertz CT molecular complexity index is 792. The van der Waals surface area contributed by atoms with Gasteiger partial charge in [0.2, 0.25) is 10.0 Å². The van der Waals surface area contributed by atoms with E-state index in [1.54, 1.807) is 20.8 Å². The highest BCUT2D eigenvalue weighted by Gasteiger charge is 2.28. The first-order chi connectivity index (χ1) is 12.0. The molecule has 9 heteroatoms. The third-order valence-electron chi connectivity index (χ3n) is 3.68. The molecule has 0 spiro atoms. The van der Waals surface area contributed by atoms with E-state index in [9.17, 15) is 18.0 Å². The Morgan fingerprint density at radius 2 is 1.81 bits per heavy atom. The monoisotopic (exact) mass is 384 g/mol. The van der Waals surface area contributed by atoms with Crippen LogP contribution in [0.15, 0.2) is 23.1 Å². The van der Waals surface area contributed by atoms with Gasteiger partial charge in [-0.25, -0.2) is 13.2 Å². The second-order valence-electron chi connectivity index (χ2n) is 7.01. The SMILES string of the molecule is CC(C)(C)OC(=O)COc1ccc(S(=O)(=O)N2CCCC2)cc1C(N)=O. The van der Waals surface area contributed by atoms with E-state index in [0.29, 0.717) is 13.1 Å². The summed E-state index contributed by atoms with van der Waals surface area (Å²) >= 11 is 0. The number of nitrogens with two attached hydrogens (primary N) is 1. The number of carbonyl (C=O) groups is 2. The number of esters is 1. The molecule has 0 aromatic heterocycles. The van der Waals surface area contributed by atoms with Crippen LogP contribution in [0.25, 0.3) is 0 Å². The van der Waals surface area contributed by atoms with E-state index in [1.165, 1.54) is 22.5 Å². The van der Waals surface area contributed by atoms with E-state index in [1.807, 2.05) is 0 Å². The van der Waals surface area contributed by atoms with Gasteiger partial charge in [0.05, 0.1) is 10.5 Å². The van der Waals surface area contributed by atoms with E-state index in [4.69, 9.17) is 15.2 Å². The Morgan fingerprint density at radius 3 is 2.35 bits per heavy atom. The fourth-order valence-corrected chi connectivity index (χ4v) is 4.12. The van der Waals surface area contributed by atoms with Crippen molar-refractivity contribution in [2.75, 3.05) is 19.7 Å². The molecule has 1 saturated heterocycles. The van der Waals surface area contributed by atoms with Crippen LogP contribution < -0.4 is 10.5 Å². The lowest BCUT2D eigenvalue weighted by atomic mass is 10.2. The van der Waals surface area contributed by atoms with Crippen LogP contribution in [0.5, 0.6) is 5.75 Å². The molecule has 1 fully saturated rings. The van der Waals surface area contributed by atoms with E-state index in [-0.39, 0.29) is 16.2 Å². The van der Waals surface area contributed by atoms with Crippen molar-refractivity contribution >= 4 is 21.9 Å². The molecule has 1 heterocycles. The van der Waals surface area contributed by atoms with Crippen LogP contribution in [0.1, 0.15) is 44.0 Å². The number of hydrogen-bond donors (Lipinski definition) is 1. The van der Waals surface area contributed by atoms with Crippen LogP contribution >= 0.6 is 0 Å². The van der Waals surface area contributed by atoms with E-state index in [2.05, 4.69) is 0 Å². The number of carbonyl (C=O) groups excluding carboxylic acids is 2. The molecule has 0 saturated carbocycles. The van der Waals surface area contributed by atoms with Gasteiger partial charge in [-0.05, 0) is 51.8 Å². The maximum absolute atomic E-state index is 12.6. The molecule has 0 aliphatic carbocycles. The van der Waals surface area contributed by atoms with Gasteiger partial charge in [0.15, 0.2) is 6.61 Å². The van der Waals surface area contributed by atoms with E-state index >= 15 is 0 Å². The minimum atomic E-state index is -3.69. The summed E-state index contributed by atoms with van der Waals surface area (Å²) in [7, 11) is -3.69. The first-order valence-corrected chi connectivity index (χ1v) is 9.73. The first kappa shape index (κ1) is 20.2. The Morgan fingerprint density at radius 1 is 1.19 bits per heavy atom. The molecule has 8 nitrogen and oxygen atoms in total. The summed E-state index contributed by atoms with van der Waals surface area (Å²) in [5, 5.41) is 0. The van der Waals surface area contributed by atoms with Gasteiger partial charge in [0, 0.05) is 13.1 Å². The highest BCUT2D eigenvalue weighted by atomic mass is 32.2. The van der Waals surface area contributed by atoms with Crippen molar-refractivity contribution in [1.82, 2.24) is 4.31 Å². The van der Waals surface area contributed by atoms with Crippen molar-refractivity contribution in [3.05, 3.63) is 23.8 Å². The second-order valence-corrected chi connectivity index (χ2v) is 8.95. The molecule has 26 heavy (non-hydrogen) atoms. The molecule has 2 N–H and O–H groups in total. The number of nitrogens with zero attached hydrogens (tertiary/aromatic N) is 1. The van der Waals surface area contributed by atoms with Crippen LogP contribution in [0.3, 0.4) is 0 Å². The van der Waals surface area contributed by atoms with Gasteiger partial charge in [-0.2, -0.15) is 4.31 Å². The number of amides is 1. The first-order valence-electron chi connectivity index (χ1n) is 8.29. The number of hydrogen-bond acceptors (Lipinski definition) is 6. The van der Waals surface area contributed by atoms with Crippen LogP contribution in [-0.4, -0.2) is 49.9 Å². The van der Waals surface area contributed by atoms with Gasteiger partial charge >= 0.3 is 5.97 Å². The zero-order valence-electron chi connectivity index (χ0n) is 15.1. The summed E-state index contributed by atoms with van der Waals surface area (Å²) in [6.45, 7) is 5.64. The Hall–Kier alpha value is -2.13. The molecule has 1 aliphatic heterocycles. The summed E-state index contributed by atoms with van der Waals surface area (Å²) in [4.78, 5) is 23.4. The fraction of sp³-hybridized carbons (Fsp3) is 0.529. The molecule has 2 rings (SSSR count). The average Bonchev–Trinajstić information content (AvgIpc) is 3.06. The summed E-state index contributed by atoms with van der Waals surface area (Å²) in [6.07, 6.45) is 1.61. The van der Waals surface area contributed by atoms with Crippen LogP contribution in [0, 0.1) is 0 Å². The third kappa shape index (κ3) is 4.95. The third-order valence-corrected chi connectivity index (χ3v) is 5.58. The lowest BCUT2D eigenvalue weighted by Gasteiger charge is -2.20. The maximum Gasteiger partial charge on any atom is 0.344 e. The molecule has 1 aromatic carbocycles. The molecule has 0 radical (unpaired) electrons. The van der Waals surface area contributed by atoms with Gasteiger partial charge in [-0.15, -0.1) is 0 Å².